The van der Waals surface area contributed by atoms with Crippen LogP contribution in [0.1, 0.15) is 5.89 Å². The summed E-state index contributed by atoms with van der Waals surface area (Å²) in [6, 6.07) is 3.44. The van der Waals surface area contributed by atoms with E-state index in [1.54, 1.807) is 12.1 Å². The van der Waals surface area contributed by atoms with Crippen molar-refractivity contribution in [1.29, 1.82) is 0 Å². The Morgan fingerprint density at radius 2 is 2.29 bits per heavy atom. The Kier molecular flexibility index (Phi) is 2.28. The average molecular weight is 208 g/mol. The number of halogens is 1. The minimum absolute atomic E-state index is 0.372. The van der Waals surface area contributed by atoms with Gasteiger partial charge in [0.1, 0.15) is 5.69 Å². The first kappa shape index (κ1) is 8.90. The first-order chi connectivity index (χ1) is 6.79. The van der Waals surface area contributed by atoms with Crippen LogP contribution in [-0.4, -0.2) is 15.1 Å². The Bertz CT molecular complexity index is 449. The quantitative estimate of drug-likeness (QED) is 0.759. The van der Waals surface area contributed by atoms with Crippen molar-refractivity contribution in [3.8, 4) is 11.5 Å². The molecule has 0 saturated heterocycles. The van der Waals surface area contributed by atoms with Gasteiger partial charge in [-0.1, -0.05) is 23.3 Å². The summed E-state index contributed by atoms with van der Waals surface area (Å²) in [7, 11) is 0. The molecule has 4 nitrogen and oxygen atoms in total. The molecule has 0 atom stereocenters. The predicted octanol–water partition coefficient (Wildman–Crippen LogP) is 2.43. The minimum Gasteiger partial charge on any atom is -0.334 e. The second-order valence-corrected chi connectivity index (χ2v) is 2.96. The van der Waals surface area contributed by atoms with Crippen LogP contribution in [0.3, 0.4) is 0 Å². The molecule has 2 aromatic heterocycles. The van der Waals surface area contributed by atoms with Gasteiger partial charge in [-0.2, -0.15) is 4.98 Å². The van der Waals surface area contributed by atoms with Crippen molar-refractivity contribution in [2.24, 2.45) is 0 Å². The molecular formula is C9H6ClN3O. The average Bonchev–Trinajstić information content (AvgIpc) is 2.67. The van der Waals surface area contributed by atoms with E-state index in [0.29, 0.717) is 22.4 Å². The van der Waals surface area contributed by atoms with Crippen LogP contribution in [0, 0.1) is 0 Å². The van der Waals surface area contributed by atoms with E-state index in [9.17, 15) is 0 Å². The summed E-state index contributed by atoms with van der Waals surface area (Å²) < 4.78 is 4.85. The Morgan fingerprint density at radius 1 is 1.43 bits per heavy atom. The predicted molar refractivity (Wildman–Crippen MR) is 52.6 cm³/mol. The molecule has 5 heteroatoms. The number of nitrogens with zero attached hydrogens (tertiary/aromatic N) is 3. The van der Waals surface area contributed by atoms with Crippen LogP contribution < -0.4 is 0 Å². The number of hydrogen-bond donors (Lipinski definition) is 0. The van der Waals surface area contributed by atoms with Crippen LogP contribution in [-0.2, 0) is 0 Å². The number of pyridine rings is 1. The molecule has 0 bridgehead atoms. The fraction of sp³-hybridized carbons (Fsp3) is 0. The molecule has 0 fully saturated rings. The van der Waals surface area contributed by atoms with E-state index in [4.69, 9.17) is 16.1 Å². The van der Waals surface area contributed by atoms with Gasteiger partial charge in [0.2, 0.25) is 11.7 Å². The molecule has 2 rings (SSSR count). The van der Waals surface area contributed by atoms with E-state index in [1.807, 2.05) is 0 Å². The maximum atomic E-state index is 5.69. The lowest BCUT2D eigenvalue weighted by Gasteiger charge is -1.91. The van der Waals surface area contributed by atoms with E-state index >= 15 is 0 Å². The monoisotopic (exact) mass is 207 g/mol. The van der Waals surface area contributed by atoms with Gasteiger partial charge in [0.25, 0.3) is 0 Å². The van der Waals surface area contributed by atoms with E-state index in [0.717, 1.165) is 0 Å². The topological polar surface area (TPSA) is 51.8 Å². The molecule has 0 aliphatic heterocycles. The first-order valence-electron chi connectivity index (χ1n) is 3.87. The van der Waals surface area contributed by atoms with Crippen LogP contribution in [0.2, 0.25) is 5.02 Å². The zero-order chi connectivity index (χ0) is 9.97. The van der Waals surface area contributed by atoms with Gasteiger partial charge in [-0.3, -0.25) is 4.98 Å². The van der Waals surface area contributed by atoms with Gasteiger partial charge in [-0.15, -0.1) is 0 Å². The molecule has 0 amide bonds. The maximum absolute atomic E-state index is 5.69. The molecule has 0 aromatic carbocycles. The van der Waals surface area contributed by atoms with Crippen molar-refractivity contribution >= 4 is 17.7 Å². The highest BCUT2D eigenvalue weighted by atomic mass is 35.5. The van der Waals surface area contributed by atoms with Gasteiger partial charge < -0.3 is 4.52 Å². The van der Waals surface area contributed by atoms with Crippen LogP contribution in [0.4, 0.5) is 0 Å². The fourth-order valence-electron chi connectivity index (χ4n) is 0.930. The zero-order valence-electron chi connectivity index (χ0n) is 7.14. The highest BCUT2D eigenvalue weighted by Crippen LogP contribution is 2.15. The zero-order valence-corrected chi connectivity index (χ0v) is 7.90. The van der Waals surface area contributed by atoms with Gasteiger partial charge in [0.05, 0.1) is 5.02 Å². The third kappa shape index (κ3) is 1.65. The summed E-state index contributed by atoms with van der Waals surface area (Å²) in [6.07, 6.45) is 3.01. The first-order valence-corrected chi connectivity index (χ1v) is 4.25. The lowest BCUT2D eigenvalue weighted by atomic mass is 10.3. The molecule has 0 saturated carbocycles. The Balaban J connectivity index is 2.39. The minimum atomic E-state index is 0.372. The van der Waals surface area contributed by atoms with E-state index in [-0.39, 0.29) is 0 Å². The van der Waals surface area contributed by atoms with Gasteiger partial charge >= 0.3 is 0 Å². The SMILES string of the molecule is C=Cc1nc(-c2ccc(Cl)cn2)no1. The van der Waals surface area contributed by atoms with Crippen molar-refractivity contribution in [2.45, 2.75) is 0 Å². The van der Waals surface area contributed by atoms with Crippen molar-refractivity contribution < 1.29 is 4.52 Å². The third-order valence-electron chi connectivity index (χ3n) is 1.57. The highest BCUT2D eigenvalue weighted by molar-refractivity contribution is 6.30. The van der Waals surface area contributed by atoms with Crippen molar-refractivity contribution in [2.75, 3.05) is 0 Å². The second kappa shape index (κ2) is 3.59. The fourth-order valence-corrected chi connectivity index (χ4v) is 1.04. The van der Waals surface area contributed by atoms with Crippen molar-refractivity contribution in [3.05, 3.63) is 35.8 Å². The summed E-state index contributed by atoms with van der Waals surface area (Å²) in [5, 5.41) is 4.29. The molecule has 0 aliphatic rings. The molecule has 0 N–H and O–H groups in total. The van der Waals surface area contributed by atoms with Gasteiger partial charge in [-0.05, 0) is 18.2 Å². The number of hydrogen-bond acceptors (Lipinski definition) is 4. The molecule has 70 valence electrons. The summed E-state index contributed by atoms with van der Waals surface area (Å²) >= 11 is 5.69. The lowest BCUT2D eigenvalue weighted by molar-refractivity contribution is 0.411. The molecular weight excluding hydrogens is 202 g/mol. The molecule has 0 spiro atoms. The summed E-state index contributed by atoms with van der Waals surface area (Å²) in [5.74, 6) is 0.799. The number of aromatic nitrogens is 3. The Hall–Kier alpha value is -1.68. The molecule has 0 radical (unpaired) electrons. The second-order valence-electron chi connectivity index (χ2n) is 2.52. The van der Waals surface area contributed by atoms with Crippen molar-refractivity contribution in [1.82, 2.24) is 15.1 Å². The van der Waals surface area contributed by atoms with Crippen molar-refractivity contribution in [3.63, 3.8) is 0 Å². The van der Waals surface area contributed by atoms with Gasteiger partial charge in [-0.25, -0.2) is 0 Å². The van der Waals surface area contributed by atoms with Crippen LogP contribution in [0.5, 0.6) is 0 Å². The standard InChI is InChI=1S/C9H6ClN3O/c1-2-8-12-9(13-14-8)7-4-3-6(10)5-11-7/h2-5H,1H2. The number of rotatable bonds is 2. The Morgan fingerprint density at radius 3 is 2.86 bits per heavy atom. The highest BCUT2D eigenvalue weighted by Gasteiger charge is 2.06. The van der Waals surface area contributed by atoms with Crippen LogP contribution in [0.25, 0.3) is 17.6 Å². The molecule has 14 heavy (non-hydrogen) atoms. The van der Waals surface area contributed by atoms with Crippen LogP contribution >= 0.6 is 11.6 Å². The van der Waals surface area contributed by atoms with Crippen LogP contribution in [0.15, 0.2) is 29.4 Å². The summed E-state index contributed by atoms with van der Waals surface area (Å²) in [6.45, 7) is 3.51. The van der Waals surface area contributed by atoms with Gasteiger partial charge in [0, 0.05) is 6.20 Å². The smallest absolute Gasteiger partial charge is 0.250 e. The normalized spacial score (nSPS) is 10.1. The Labute approximate surface area is 85.2 Å². The summed E-state index contributed by atoms with van der Waals surface area (Å²) in [5.41, 5.74) is 0.617. The lowest BCUT2D eigenvalue weighted by Crippen LogP contribution is -1.84. The van der Waals surface area contributed by atoms with E-state index < -0.39 is 0 Å². The molecule has 0 aliphatic carbocycles. The third-order valence-corrected chi connectivity index (χ3v) is 1.80. The van der Waals surface area contributed by atoms with Gasteiger partial charge in [0.15, 0.2) is 0 Å². The molecule has 2 aromatic rings. The molecule has 2 heterocycles. The maximum Gasteiger partial charge on any atom is 0.250 e. The molecule has 0 unspecified atom stereocenters. The van der Waals surface area contributed by atoms with E-state index in [2.05, 4.69) is 21.7 Å². The largest absolute Gasteiger partial charge is 0.334 e. The van der Waals surface area contributed by atoms with E-state index in [1.165, 1.54) is 12.3 Å². The summed E-state index contributed by atoms with van der Waals surface area (Å²) in [4.78, 5) is 8.07.